The average Bonchev–Trinajstić information content (AvgIpc) is 3.48. The first-order valence-electron chi connectivity index (χ1n) is 14.3. The minimum Gasteiger partial charge on any atom is -0.480 e. The van der Waals surface area contributed by atoms with Gasteiger partial charge in [0, 0.05) is 66.6 Å². The van der Waals surface area contributed by atoms with Crippen LogP contribution in [-0.2, 0) is 17.9 Å². The van der Waals surface area contributed by atoms with Crippen molar-refractivity contribution in [3.63, 3.8) is 0 Å². The van der Waals surface area contributed by atoms with Gasteiger partial charge in [-0.3, -0.25) is 19.9 Å². The summed E-state index contributed by atoms with van der Waals surface area (Å²) in [6.07, 6.45) is 4.73. The summed E-state index contributed by atoms with van der Waals surface area (Å²) in [5.41, 5.74) is 5.30. The molecule has 5 N–H and O–H groups in total. The third-order valence-corrected chi connectivity index (χ3v) is 8.56. The van der Waals surface area contributed by atoms with E-state index >= 15 is 0 Å². The summed E-state index contributed by atoms with van der Waals surface area (Å²) in [6, 6.07) is 11.5. The zero-order chi connectivity index (χ0) is 31.8. The Labute approximate surface area is 276 Å². The molecule has 0 aliphatic carbocycles. The number of nitrogens with one attached hydrogen (secondary N) is 3. The molecule has 1 aliphatic rings. The van der Waals surface area contributed by atoms with Gasteiger partial charge in [0.2, 0.25) is 17.7 Å². The molecule has 2 aromatic heterocycles. The quantitative estimate of drug-likeness (QED) is 0.110. The van der Waals surface area contributed by atoms with E-state index in [0.29, 0.717) is 81.8 Å². The van der Waals surface area contributed by atoms with Crippen LogP contribution in [0.1, 0.15) is 24.2 Å². The second-order valence-electron chi connectivity index (χ2n) is 10.2. The normalized spacial score (nSPS) is 14.4. The standard InChI is InChI=1S/C31H34Cl2N8O3S/c1-43-30-25(14-35-11-12-45-34)37-16-23(40-30)21-7-3-5-19(28(21)32)20-6-4-8-22(29(20)33)24-17-38-26(31(41-24)44-2)15-36-13-18-9-10-27(42)39-18/h3-8,16-18,35-36H,9-15,34H2,1-2H3,(H,39,42). The molecule has 0 saturated carbocycles. The van der Waals surface area contributed by atoms with E-state index in [1.807, 2.05) is 36.4 Å². The fourth-order valence-electron chi connectivity index (χ4n) is 5.03. The fourth-order valence-corrected chi connectivity index (χ4v) is 5.94. The Morgan fingerprint density at radius 3 is 1.91 bits per heavy atom. The number of nitrogens with two attached hydrogens (primary N) is 1. The van der Waals surface area contributed by atoms with Gasteiger partial charge in [-0.25, -0.2) is 9.97 Å². The molecule has 45 heavy (non-hydrogen) atoms. The van der Waals surface area contributed by atoms with E-state index in [2.05, 4.69) is 30.9 Å². The zero-order valence-electron chi connectivity index (χ0n) is 24.9. The molecule has 0 radical (unpaired) electrons. The van der Waals surface area contributed by atoms with E-state index in [0.717, 1.165) is 29.8 Å². The SMILES string of the molecule is COc1nc(-c2cccc(-c3cccc(-c4cnc(CNCC5CCC(=O)N5)c(OC)n4)c3Cl)c2Cl)cnc1CNCCSN. The van der Waals surface area contributed by atoms with Crippen LogP contribution < -0.4 is 30.6 Å². The number of halogens is 2. The van der Waals surface area contributed by atoms with Crippen LogP contribution in [-0.4, -0.2) is 64.9 Å². The van der Waals surface area contributed by atoms with E-state index in [1.54, 1.807) is 26.6 Å². The molecule has 5 rings (SSSR count). The van der Waals surface area contributed by atoms with Crippen LogP contribution in [0.3, 0.4) is 0 Å². The molecule has 0 bridgehead atoms. The number of amides is 1. The lowest BCUT2D eigenvalue weighted by Crippen LogP contribution is -2.35. The van der Waals surface area contributed by atoms with Crippen molar-refractivity contribution >= 4 is 41.1 Å². The predicted octanol–water partition coefficient (Wildman–Crippen LogP) is 4.66. The number of nitrogens with zero attached hydrogens (tertiary/aromatic N) is 4. The largest absolute Gasteiger partial charge is 0.480 e. The molecule has 11 nitrogen and oxygen atoms in total. The van der Waals surface area contributed by atoms with E-state index in [1.165, 1.54) is 11.9 Å². The topological polar surface area (TPSA) is 149 Å². The van der Waals surface area contributed by atoms with Crippen molar-refractivity contribution in [3.05, 3.63) is 70.2 Å². The number of carbonyl (C=O) groups is 1. The van der Waals surface area contributed by atoms with Crippen molar-refractivity contribution in [2.75, 3.05) is 33.1 Å². The molecule has 236 valence electrons. The highest BCUT2D eigenvalue weighted by molar-refractivity contribution is 7.97. The molecule has 1 amide bonds. The first kappa shape index (κ1) is 32.9. The maximum absolute atomic E-state index is 11.5. The lowest BCUT2D eigenvalue weighted by molar-refractivity contribution is -0.119. The summed E-state index contributed by atoms with van der Waals surface area (Å²) in [7, 11) is 3.12. The second-order valence-corrected chi connectivity index (χ2v) is 11.7. The Morgan fingerprint density at radius 1 is 0.889 bits per heavy atom. The lowest BCUT2D eigenvalue weighted by Gasteiger charge is -2.15. The first-order valence-corrected chi connectivity index (χ1v) is 16.1. The average molecular weight is 670 g/mol. The van der Waals surface area contributed by atoms with Crippen LogP contribution in [0.5, 0.6) is 11.8 Å². The minimum atomic E-state index is 0.0840. The Hall–Kier alpha value is -3.52. The second kappa shape index (κ2) is 15.7. The summed E-state index contributed by atoms with van der Waals surface area (Å²) in [6.45, 7) is 2.32. The third-order valence-electron chi connectivity index (χ3n) is 7.31. The van der Waals surface area contributed by atoms with E-state index in [4.69, 9.17) is 42.8 Å². The lowest BCUT2D eigenvalue weighted by atomic mass is 9.98. The van der Waals surface area contributed by atoms with Gasteiger partial charge in [0.15, 0.2) is 0 Å². The Morgan fingerprint density at radius 2 is 1.42 bits per heavy atom. The first-order chi connectivity index (χ1) is 21.9. The minimum absolute atomic E-state index is 0.0840. The number of ether oxygens (including phenoxy) is 2. The predicted molar refractivity (Wildman–Crippen MR) is 178 cm³/mol. The molecule has 1 atom stereocenters. The van der Waals surface area contributed by atoms with Gasteiger partial charge in [-0.2, -0.15) is 0 Å². The molecular formula is C31H34Cl2N8O3S. The molecule has 4 aromatic rings. The maximum Gasteiger partial charge on any atom is 0.237 e. The number of methoxy groups -OCH3 is 2. The molecule has 2 aromatic carbocycles. The van der Waals surface area contributed by atoms with Crippen molar-refractivity contribution in [2.45, 2.75) is 32.0 Å². The fraction of sp³-hybridized carbons (Fsp3) is 0.323. The maximum atomic E-state index is 11.5. The summed E-state index contributed by atoms with van der Waals surface area (Å²) >= 11 is 15.3. The number of rotatable bonds is 14. The number of hydrogen-bond acceptors (Lipinski definition) is 11. The van der Waals surface area contributed by atoms with Crippen LogP contribution in [0, 0.1) is 0 Å². The van der Waals surface area contributed by atoms with E-state index < -0.39 is 0 Å². The van der Waals surface area contributed by atoms with Gasteiger partial charge in [0.1, 0.15) is 11.4 Å². The Bertz CT molecular complexity index is 1660. The van der Waals surface area contributed by atoms with Crippen LogP contribution in [0.25, 0.3) is 33.6 Å². The van der Waals surface area contributed by atoms with Crippen LogP contribution in [0.15, 0.2) is 48.8 Å². The molecule has 1 aliphatic heterocycles. The number of hydrogen-bond donors (Lipinski definition) is 4. The molecule has 1 unspecified atom stereocenters. The highest BCUT2D eigenvalue weighted by atomic mass is 35.5. The van der Waals surface area contributed by atoms with Crippen molar-refractivity contribution < 1.29 is 14.3 Å². The van der Waals surface area contributed by atoms with E-state index in [-0.39, 0.29) is 11.9 Å². The highest BCUT2D eigenvalue weighted by Gasteiger charge is 2.21. The monoisotopic (exact) mass is 668 g/mol. The van der Waals surface area contributed by atoms with Crippen molar-refractivity contribution in [1.82, 2.24) is 35.9 Å². The summed E-state index contributed by atoms with van der Waals surface area (Å²) in [5.74, 6) is 1.67. The van der Waals surface area contributed by atoms with Gasteiger partial charge >= 0.3 is 0 Å². The summed E-state index contributed by atoms with van der Waals surface area (Å²) in [5, 5.41) is 16.0. The van der Waals surface area contributed by atoms with Crippen molar-refractivity contribution in [1.29, 1.82) is 0 Å². The molecule has 3 heterocycles. The summed E-state index contributed by atoms with van der Waals surface area (Å²) < 4.78 is 11.1. The van der Waals surface area contributed by atoms with Crippen molar-refractivity contribution in [2.24, 2.45) is 5.14 Å². The molecule has 14 heteroatoms. The molecule has 0 spiro atoms. The zero-order valence-corrected chi connectivity index (χ0v) is 27.2. The highest BCUT2D eigenvalue weighted by Crippen LogP contribution is 2.42. The van der Waals surface area contributed by atoms with Crippen LogP contribution >= 0.6 is 35.1 Å². The molecular weight excluding hydrogens is 635 g/mol. The van der Waals surface area contributed by atoms with Gasteiger partial charge < -0.3 is 25.4 Å². The Kier molecular flexibility index (Phi) is 11.4. The third kappa shape index (κ3) is 7.83. The Balaban J connectivity index is 1.38. The van der Waals surface area contributed by atoms with E-state index in [9.17, 15) is 4.79 Å². The number of carbonyl (C=O) groups excluding carboxylic acids is 1. The van der Waals surface area contributed by atoms with Gasteiger partial charge in [-0.15, -0.1) is 0 Å². The van der Waals surface area contributed by atoms with Crippen molar-refractivity contribution in [3.8, 4) is 45.4 Å². The van der Waals surface area contributed by atoms with Gasteiger partial charge in [-0.05, 0) is 6.42 Å². The van der Waals surface area contributed by atoms with Crippen LogP contribution in [0.4, 0.5) is 0 Å². The van der Waals surface area contributed by atoms with Gasteiger partial charge in [0.25, 0.3) is 0 Å². The number of benzene rings is 2. The van der Waals surface area contributed by atoms with Crippen LogP contribution in [0.2, 0.25) is 10.0 Å². The van der Waals surface area contributed by atoms with Gasteiger partial charge in [0.05, 0.1) is 48.0 Å². The number of aromatic nitrogens is 4. The molecule has 1 saturated heterocycles. The summed E-state index contributed by atoms with van der Waals surface area (Å²) in [4.78, 5) is 30.1. The van der Waals surface area contributed by atoms with Gasteiger partial charge in [-0.1, -0.05) is 71.5 Å². The smallest absolute Gasteiger partial charge is 0.237 e. The molecule has 1 fully saturated rings.